The number of hydrogen-bond acceptors (Lipinski definition) is 2. The zero-order chi connectivity index (χ0) is 9.84. The van der Waals surface area contributed by atoms with E-state index in [1.54, 1.807) is 6.07 Å². The van der Waals surface area contributed by atoms with E-state index >= 15 is 0 Å². The van der Waals surface area contributed by atoms with Gasteiger partial charge in [-0.25, -0.2) is 8.78 Å². The van der Waals surface area contributed by atoms with Crippen molar-refractivity contribution < 1.29 is 13.6 Å². The molecule has 0 radical (unpaired) electrons. The Morgan fingerprint density at radius 2 is 2.08 bits per heavy atom. The Balaban J connectivity index is 2.86. The number of rotatable bonds is 3. The lowest BCUT2D eigenvalue weighted by atomic mass is 10.1. The SMILES string of the molecule is CONCc1cc(C)c(F)c(F)c1. The van der Waals surface area contributed by atoms with Gasteiger partial charge in [-0.3, -0.25) is 0 Å². The molecule has 0 heterocycles. The fourth-order valence-electron chi connectivity index (χ4n) is 1.06. The van der Waals surface area contributed by atoms with E-state index in [-0.39, 0.29) is 0 Å². The Hall–Kier alpha value is -1.00. The molecule has 0 saturated carbocycles. The number of benzene rings is 1. The summed E-state index contributed by atoms with van der Waals surface area (Å²) in [5.74, 6) is -1.62. The van der Waals surface area contributed by atoms with E-state index in [2.05, 4.69) is 10.3 Å². The summed E-state index contributed by atoms with van der Waals surface area (Å²) in [6, 6.07) is 2.72. The highest BCUT2D eigenvalue weighted by Crippen LogP contribution is 2.13. The second kappa shape index (κ2) is 4.30. The number of halogens is 2. The van der Waals surface area contributed by atoms with E-state index in [0.29, 0.717) is 17.7 Å². The van der Waals surface area contributed by atoms with Gasteiger partial charge in [-0.15, -0.1) is 0 Å². The van der Waals surface area contributed by atoms with Crippen LogP contribution in [0, 0.1) is 18.6 Å². The minimum absolute atomic E-state index is 0.299. The summed E-state index contributed by atoms with van der Waals surface area (Å²) in [4.78, 5) is 4.59. The maximum Gasteiger partial charge on any atom is 0.161 e. The molecule has 0 unspecified atom stereocenters. The molecule has 72 valence electrons. The van der Waals surface area contributed by atoms with Crippen molar-refractivity contribution >= 4 is 0 Å². The summed E-state index contributed by atoms with van der Waals surface area (Å²) in [6.45, 7) is 1.88. The molecule has 13 heavy (non-hydrogen) atoms. The zero-order valence-electron chi connectivity index (χ0n) is 7.53. The molecule has 0 bridgehead atoms. The van der Waals surface area contributed by atoms with Crippen molar-refractivity contribution in [2.24, 2.45) is 0 Å². The van der Waals surface area contributed by atoms with Gasteiger partial charge in [-0.05, 0) is 24.1 Å². The zero-order valence-corrected chi connectivity index (χ0v) is 7.53. The van der Waals surface area contributed by atoms with Crippen LogP contribution < -0.4 is 5.48 Å². The van der Waals surface area contributed by atoms with E-state index in [1.807, 2.05) is 0 Å². The van der Waals surface area contributed by atoms with E-state index in [9.17, 15) is 8.78 Å². The Morgan fingerprint density at radius 3 is 2.62 bits per heavy atom. The van der Waals surface area contributed by atoms with Crippen LogP contribution in [0.1, 0.15) is 11.1 Å². The van der Waals surface area contributed by atoms with Gasteiger partial charge in [0.05, 0.1) is 7.11 Å². The van der Waals surface area contributed by atoms with Gasteiger partial charge in [0.1, 0.15) is 0 Å². The molecule has 2 nitrogen and oxygen atoms in total. The van der Waals surface area contributed by atoms with Crippen molar-refractivity contribution in [3.05, 3.63) is 34.9 Å². The van der Waals surface area contributed by atoms with Gasteiger partial charge in [-0.1, -0.05) is 6.07 Å². The Morgan fingerprint density at radius 1 is 1.38 bits per heavy atom. The standard InChI is InChI=1S/C9H11F2NO/c1-6-3-7(5-12-13-2)4-8(10)9(6)11/h3-4,12H,5H2,1-2H3. The van der Waals surface area contributed by atoms with E-state index < -0.39 is 11.6 Å². The molecule has 4 heteroatoms. The Kier molecular flexibility index (Phi) is 3.33. The van der Waals surface area contributed by atoms with Crippen molar-refractivity contribution in [1.82, 2.24) is 5.48 Å². The Labute approximate surface area is 75.5 Å². The lowest BCUT2D eigenvalue weighted by Gasteiger charge is -2.04. The Bertz CT molecular complexity index is 279. The lowest BCUT2D eigenvalue weighted by Crippen LogP contribution is -2.11. The normalized spacial score (nSPS) is 10.5. The van der Waals surface area contributed by atoms with Crippen molar-refractivity contribution in [2.75, 3.05) is 7.11 Å². The first-order chi connectivity index (χ1) is 6.15. The molecule has 1 aromatic carbocycles. The van der Waals surface area contributed by atoms with E-state index in [0.717, 1.165) is 6.07 Å². The lowest BCUT2D eigenvalue weighted by molar-refractivity contribution is 0.0866. The highest BCUT2D eigenvalue weighted by atomic mass is 19.2. The predicted octanol–water partition coefficient (Wildman–Crippen LogP) is 1.92. The molecule has 0 aromatic heterocycles. The van der Waals surface area contributed by atoms with Crippen LogP contribution in [0.2, 0.25) is 0 Å². The molecule has 1 N–H and O–H groups in total. The third-order valence-electron chi connectivity index (χ3n) is 1.69. The molecule has 0 aliphatic carbocycles. The third kappa shape index (κ3) is 2.47. The number of aryl methyl sites for hydroxylation is 1. The van der Waals surface area contributed by atoms with Crippen LogP contribution in [0.15, 0.2) is 12.1 Å². The molecule has 1 rings (SSSR count). The number of nitrogens with one attached hydrogen (secondary N) is 1. The molecule has 0 saturated heterocycles. The first-order valence-corrected chi connectivity index (χ1v) is 3.85. The van der Waals surface area contributed by atoms with Gasteiger partial charge >= 0.3 is 0 Å². The van der Waals surface area contributed by atoms with Gasteiger partial charge in [0.15, 0.2) is 11.6 Å². The fourth-order valence-corrected chi connectivity index (χ4v) is 1.06. The van der Waals surface area contributed by atoms with Crippen LogP contribution >= 0.6 is 0 Å². The highest BCUT2D eigenvalue weighted by Gasteiger charge is 2.06. The van der Waals surface area contributed by atoms with Crippen LogP contribution in [0.4, 0.5) is 8.78 Å². The number of hydrogen-bond donors (Lipinski definition) is 1. The van der Waals surface area contributed by atoms with Gasteiger partial charge in [0, 0.05) is 6.54 Å². The molecule has 0 atom stereocenters. The maximum atomic E-state index is 12.8. The molecule has 0 aliphatic rings. The summed E-state index contributed by atoms with van der Waals surface area (Å²) in [6.07, 6.45) is 0. The molecule has 0 fully saturated rings. The quantitative estimate of drug-likeness (QED) is 0.730. The van der Waals surface area contributed by atoms with Gasteiger partial charge in [0.25, 0.3) is 0 Å². The van der Waals surface area contributed by atoms with Crippen LogP contribution in [0.25, 0.3) is 0 Å². The molecular weight excluding hydrogens is 176 g/mol. The van der Waals surface area contributed by atoms with Crippen LogP contribution in [-0.2, 0) is 11.4 Å². The number of hydroxylamine groups is 1. The summed E-state index contributed by atoms with van der Waals surface area (Å²) in [5.41, 5.74) is 3.50. The molecule has 1 aromatic rings. The average Bonchev–Trinajstić information content (AvgIpc) is 2.10. The predicted molar refractivity (Wildman–Crippen MR) is 44.9 cm³/mol. The molecule has 0 amide bonds. The maximum absolute atomic E-state index is 12.8. The summed E-state index contributed by atoms with van der Waals surface area (Å²) < 4.78 is 25.6. The topological polar surface area (TPSA) is 21.3 Å². The third-order valence-corrected chi connectivity index (χ3v) is 1.69. The van der Waals surface area contributed by atoms with E-state index in [4.69, 9.17) is 0 Å². The summed E-state index contributed by atoms with van der Waals surface area (Å²) >= 11 is 0. The van der Waals surface area contributed by atoms with Gasteiger partial charge in [0.2, 0.25) is 0 Å². The summed E-state index contributed by atoms with van der Waals surface area (Å²) in [7, 11) is 1.47. The minimum Gasteiger partial charge on any atom is -0.305 e. The van der Waals surface area contributed by atoms with Gasteiger partial charge < -0.3 is 4.84 Å². The first kappa shape index (κ1) is 10.1. The van der Waals surface area contributed by atoms with Crippen LogP contribution in [-0.4, -0.2) is 7.11 Å². The molecular formula is C9H11F2NO. The van der Waals surface area contributed by atoms with Crippen LogP contribution in [0.5, 0.6) is 0 Å². The van der Waals surface area contributed by atoms with E-state index in [1.165, 1.54) is 14.0 Å². The average molecular weight is 187 g/mol. The van der Waals surface area contributed by atoms with Crippen molar-refractivity contribution in [3.8, 4) is 0 Å². The van der Waals surface area contributed by atoms with Crippen molar-refractivity contribution in [1.29, 1.82) is 0 Å². The second-order valence-electron chi connectivity index (χ2n) is 2.73. The first-order valence-electron chi connectivity index (χ1n) is 3.85. The fraction of sp³-hybridized carbons (Fsp3) is 0.333. The minimum atomic E-state index is -0.826. The molecule has 0 aliphatic heterocycles. The van der Waals surface area contributed by atoms with Crippen LogP contribution in [0.3, 0.4) is 0 Å². The second-order valence-corrected chi connectivity index (χ2v) is 2.73. The highest BCUT2D eigenvalue weighted by molar-refractivity contribution is 5.25. The molecule has 0 spiro atoms. The summed E-state index contributed by atoms with van der Waals surface area (Å²) in [5, 5.41) is 0. The van der Waals surface area contributed by atoms with Gasteiger partial charge in [-0.2, -0.15) is 5.48 Å². The van der Waals surface area contributed by atoms with Crippen molar-refractivity contribution in [2.45, 2.75) is 13.5 Å². The smallest absolute Gasteiger partial charge is 0.161 e. The largest absolute Gasteiger partial charge is 0.305 e. The van der Waals surface area contributed by atoms with Crippen molar-refractivity contribution in [3.63, 3.8) is 0 Å². The monoisotopic (exact) mass is 187 g/mol.